The highest BCUT2D eigenvalue weighted by Gasteiger charge is 2.17. The predicted molar refractivity (Wildman–Crippen MR) is 71.6 cm³/mol. The summed E-state index contributed by atoms with van der Waals surface area (Å²) in [7, 11) is 0. The van der Waals surface area contributed by atoms with Crippen molar-refractivity contribution in [2.24, 2.45) is 0 Å². The third kappa shape index (κ3) is 4.75. The number of carbonyl (C=O) groups is 3. The Morgan fingerprint density at radius 1 is 1.38 bits per heavy atom. The number of hydrogen-bond donors (Lipinski definition) is 3. The van der Waals surface area contributed by atoms with E-state index in [1.54, 1.807) is 6.92 Å². The Hall–Kier alpha value is -2.64. The summed E-state index contributed by atoms with van der Waals surface area (Å²) in [6, 6.07) is 1.35. The molecule has 0 heterocycles. The standard InChI is InChI=1S/C13H15FN2O5/c1-3-21-12(19)7(2)15-13(20)16-10-5-4-8(11(17)18)6-9(10)14/h4-7H,3H2,1-2H3,(H,17,18)(H2,15,16,20). The van der Waals surface area contributed by atoms with Gasteiger partial charge in [-0.15, -0.1) is 0 Å². The average molecular weight is 298 g/mol. The Morgan fingerprint density at radius 2 is 2.05 bits per heavy atom. The molecule has 2 amide bonds. The van der Waals surface area contributed by atoms with Crippen LogP contribution in [0.5, 0.6) is 0 Å². The van der Waals surface area contributed by atoms with Gasteiger partial charge in [0.2, 0.25) is 0 Å². The number of hydrogen-bond acceptors (Lipinski definition) is 4. The van der Waals surface area contributed by atoms with Gasteiger partial charge in [-0.2, -0.15) is 0 Å². The van der Waals surface area contributed by atoms with Gasteiger partial charge in [0, 0.05) is 0 Å². The number of carboxylic acid groups (broad SMARTS) is 1. The van der Waals surface area contributed by atoms with E-state index in [9.17, 15) is 18.8 Å². The van der Waals surface area contributed by atoms with Gasteiger partial charge < -0.3 is 20.5 Å². The second-order valence-corrected chi connectivity index (χ2v) is 4.07. The SMILES string of the molecule is CCOC(=O)C(C)NC(=O)Nc1ccc(C(=O)O)cc1F. The van der Waals surface area contributed by atoms with Gasteiger partial charge in [0.05, 0.1) is 17.9 Å². The topological polar surface area (TPSA) is 105 Å². The summed E-state index contributed by atoms with van der Waals surface area (Å²) in [4.78, 5) is 33.6. The zero-order chi connectivity index (χ0) is 16.0. The van der Waals surface area contributed by atoms with Gasteiger partial charge in [0.1, 0.15) is 11.9 Å². The fourth-order valence-electron chi connectivity index (χ4n) is 1.43. The van der Waals surface area contributed by atoms with Crippen molar-refractivity contribution in [3.8, 4) is 0 Å². The lowest BCUT2D eigenvalue weighted by Crippen LogP contribution is -2.42. The molecule has 7 nitrogen and oxygen atoms in total. The van der Waals surface area contributed by atoms with E-state index >= 15 is 0 Å². The fraction of sp³-hybridized carbons (Fsp3) is 0.308. The van der Waals surface area contributed by atoms with Crippen molar-refractivity contribution in [3.05, 3.63) is 29.6 Å². The molecule has 0 saturated carbocycles. The van der Waals surface area contributed by atoms with Crippen molar-refractivity contribution < 1.29 is 28.6 Å². The van der Waals surface area contributed by atoms with Crippen LogP contribution in [0.15, 0.2) is 18.2 Å². The van der Waals surface area contributed by atoms with Crippen LogP contribution in [0.3, 0.4) is 0 Å². The maximum atomic E-state index is 13.6. The Morgan fingerprint density at radius 3 is 2.57 bits per heavy atom. The monoisotopic (exact) mass is 298 g/mol. The van der Waals surface area contributed by atoms with Crippen LogP contribution in [0.25, 0.3) is 0 Å². The summed E-state index contributed by atoms with van der Waals surface area (Å²) in [5.74, 6) is -2.79. The molecule has 0 aliphatic rings. The minimum Gasteiger partial charge on any atom is -0.478 e. The van der Waals surface area contributed by atoms with Crippen molar-refractivity contribution in [3.63, 3.8) is 0 Å². The van der Waals surface area contributed by atoms with Gasteiger partial charge >= 0.3 is 18.0 Å². The number of rotatable bonds is 5. The van der Waals surface area contributed by atoms with Gasteiger partial charge in [0.15, 0.2) is 0 Å². The molecule has 0 bridgehead atoms. The molecule has 0 aromatic heterocycles. The summed E-state index contributed by atoms with van der Waals surface area (Å²) in [6.07, 6.45) is 0. The van der Waals surface area contributed by atoms with E-state index in [0.717, 1.165) is 18.2 Å². The van der Waals surface area contributed by atoms with Crippen LogP contribution in [-0.4, -0.2) is 35.7 Å². The van der Waals surface area contributed by atoms with Gasteiger partial charge in [-0.05, 0) is 32.0 Å². The molecular formula is C13H15FN2O5. The molecule has 1 aromatic carbocycles. The zero-order valence-corrected chi connectivity index (χ0v) is 11.5. The van der Waals surface area contributed by atoms with Crippen LogP contribution >= 0.6 is 0 Å². The number of amides is 2. The molecule has 0 aliphatic carbocycles. The molecule has 1 aromatic rings. The number of aromatic carboxylic acids is 1. The Bertz CT molecular complexity index is 561. The molecule has 1 rings (SSSR count). The Labute approximate surface area is 120 Å². The number of esters is 1. The lowest BCUT2D eigenvalue weighted by molar-refractivity contribution is -0.144. The zero-order valence-electron chi connectivity index (χ0n) is 11.5. The van der Waals surface area contributed by atoms with Crippen molar-refractivity contribution in [1.29, 1.82) is 0 Å². The third-order valence-corrected chi connectivity index (χ3v) is 2.45. The second kappa shape index (κ2) is 7.22. The van der Waals surface area contributed by atoms with Crippen molar-refractivity contribution in [2.45, 2.75) is 19.9 Å². The number of benzene rings is 1. The minimum atomic E-state index is -1.28. The minimum absolute atomic E-state index is 0.178. The highest BCUT2D eigenvalue weighted by atomic mass is 19.1. The molecule has 0 spiro atoms. The van der Waals surface area contributed by atoms with E-state index in [0.29, 0.717) is 0 Å². The first-order valence-corrected chi connectivity index (χ1v) is 6.12. The molecule has 3 N–H and O–H groups in total. The van der Waals surface area contributed by atoms with Crippen LogP contribution < -0.4 is 10.6 Å². The molecule has 114 valence electrons. The van der Waals surface area contributed by atoms with Gasteiger partial charge in [-0.1, -0.05) is 0 Å². The first-order chi connectivity index (χ1) is 9.85. The summed E-state index contributed by atoms with van der Waals surface area (Å²) in [6.45, 7) is 3.23. The van der Waals surface area contributed by atoms with Crippen molar-refractivity contribution in [2.75, 3.05) is 11.9 Å². The smallest absolute Gasteiger partial charge is 0.335 e. The van der Waals surface area contributed by atoms with E-state index in [4.69, 9.17) is 9.84 Å². The number of carbonyl (C=O) groups excluding carboxylic acids is 2. The number of anilines is 1. The van der Waals surface area contributed by atoms with E-state index in [2.05, 4.69) is 10.6 Å². The average Bonchev–Trinajstić information content (AvgIpc) is 2.40. The van der Waals surface area contributed by atoms with Gasteiger partial charge in [-0.25, -0.2) is 18.8 Å². The van der Waals surface area contributed by atoms with E-state index < -0.39 is 29.8 Å². The molecule has 0 fully saturated rings. The normalized spacial score (nSPS) is 11.4. The highest BCUT2D eigenvalue weighted by molar-refractivity contribution is 5.93. The summed E-state index contributed by atoms with van der Waals surface area (Å²) >= 11 is 0. The Balaban J connectivity index is 2.67. The second-order valence-electron chi connectivity index (χ2n) is 4.07. The quantitative estimate of drug-likeness (QED) is 0.716. The number of urea groups is 1. The molecule has 8 heteroatoms. The predicted octanol–water partition coefficient (Wildman–Crippen LogP) is 1.60. The number of nitrogens with one attached hydrogen (secondary N) is 2. The first kappa shape index (κ1) is 16.4. The summed E-state index contributed by atoms with van der Waals surface area (Å²) in [5, 5.41) is 13.1. The van der Waals surface area contributed by atoms with E-state index in [1.165, 1.54) is 6.92 Å². The van der Waals surface area contributed by atoms with E-state index in [-0.39, 0.29) is 17.9 Å². The van der Waals surface area contributed by atoms with E-state index in [1.807, 2.05) is 0 Å². The lowest BCUT2D eigenvalue weighted by Gasteiger charge is -2.13. The van der Waals surface area contributed by atoms with Gasteiger partial charge in [0.25, 0.3) is 0 Å². The van der Waals surface area contributed by atoms with Crippen molar-refractivity contribution >= 4 is 23.7 Å². The molecule has 0 saturated heterocycles. The number of halogens is 1. The largest absolute Gasteiger partial charge is 0.478 e. The molecule has 0 aliphatic heterocycles. The molecule has 1 unspecified atom stereocenters. The lowest BCUT2D eigenvalue weighted by atomic mass is 10.2. The fourth-order valence-corrected chi connectivity index (χ4v) is 1.43. The number of carboxylic acids is 1. The summed E-state index contributed by atoms with van der Waals surface area (Å²) < 4.78 is 18.3. The number of ether oxygens (including phenoxy) is 1. The molecular weight excluding hydrogens is 283 g/mol. The molecule has 21 heavy (non-hydrogen) atoms. The molecule has 0 radical (unpaired) electrons. The maximum Gasteiger partial charge on any atom is 0.335 e. The van der Waals surface area contributed by atoms with Crippen LogP contribution in [0.1, 0.15) is 24.2 Å². The highest BCUT2D eigenvalue weighted by Crippen LogP contribution is 2.15. The van der Waals surface area contributed by atoms with Gasteiger partial charge in [-0.3, -0.25) is 0 Å². The first-order valence-electron chi connectivity index (χ1n) is 6.12. The third-order valence-electron chi connectivity index (χ3n) is 2.45. The van der Waals surface area contributed by atoms with Crippen LogP contribution in [0, 0.1) is 5.82 Å². The van der Waals surface area contributed by atoms with Crippen LogP contribution in [0.2, 0.25) is 0 Å². The van der Waals surface area contributed by atoms with Crippen LogP contribution in [-0.2, 0) is 9.53 Å². The molecule has 1 atom stereocenters. The Kier molecular flexibility index (Phi) is 5.65. The van der Waals surface area contributed by atoms with Crippen molar-refractivity contribution in [1.82, 2.24) is 5.32 Å². The summed E-state index contributed by atoms with van der Waals surface area (Å²) in [5.41, 5.74) is -0.438. The van der Waals surface area contributed by atoms with Crippen LogP contribution in [0.4, 0.5) is 14.9 Å². The maximum absolute atomic E-state index is 13.6.